The molecule has 1 rings (SSSR count). The van der Waals surface area contributed by atoms with Gasteiger partial charge in [0.15, 0.2) is 0 Å². The van der Waals surface area contributed by atoms with Crippen molar-refractivity contribution in [2.75, 3.05) is 19.2 Å². The summed E-state index contributed by atoms with van der Waals surface area (Å²) in [5.74, 6) is 0.536. The average molecular weight is 193 g/mol. The zero-order chi connectivity index (χ0) is 10.6. The summed E-state index contributed by atoms with van der Waals surface area (Å²) in [6.45, 7) is 7.08. The quantitative estimate of drug-likeness (QED) is 0.742. The highest BCUT2D eigenvalue weighted by molar-refractivity contribution is 5.58. The van der Waals surface area contributed by atoms with E-state index in [1.54, 1.807) is 7.11 Å². The Kier molecular flexibility index (Phi) is 3.96. The van der Waals surface area contributed by atoms with Crippen LogP contribution in [0.5, 0.6) is 0 Å². The van der Waals surface area contributed by atoms with Crippen molar-refractivity contribution in [2.45, 2.75) is 26.7 Å². The predicted molar refractivity (Wildman–Crippen MR) is 60.8 cm³/mol. The first kappa shape index (κ1) is 11.1. The highest BCUT2D eigenvalue weighted by Gasteiger charge is 2.07. The number of benzene rings is 1. The van der Waals surface area contributed by atoms with Crippen molar-refractivity contribution in [3.63, 3.8) is 0 Å². The molecule has 0 amide bonds. The molecular weight excluding hydrogens is 174 g/mol. The van der Waals surface area contributed by atoms with E-state index in [4.69, 9.17) is 4.74 Å². The van der Waals surface area contributed by atoms with Crippen molar-refractivity contribution in [3.8, 4) is 0 Å². The SMILES string of the molecule is COCNc1c(C)cccc1C(C)C. The van der Waals surface area contributed by atoms with Gasteiger partial charge in [-0.15, -0.1) is 0 Å². The molecule has 0 aliphatic rings. The second kappa shape index (κ2) is 5.01. The molecule has 0 spiro atoms. The van der Waals surface area contributed by atoms with Gasteiger partial charge in [0.2, 0.25) is 0 Å². The van der Waals surface area contributed by atoms with Crippen LogP contribution in [0.4, 0.5) is 5.69 Å². The fraction of sp³-hybridized carbons (Fsp3) is 0.500. The number of aryl methyl sites for hydroxylation is 1. The Bertz CT molecular complexity index is 294. The molecule has 0 fully saturated rings. The summed E-state index contributed by atoms with van der Waals surface area (Å²) in [6, 6.07) is 6.38. The van der Waals surface area contributed by atoms with E-state index in [9.17, 15) is 0 Å². The van der Waals surface area contributed by atoms with Crippen LogP contribution in [-0.2, 0) is 4.74 Å². The lowest BCUT2D eigenvalue weighted by atomic mass is 9.98. The maximum absolute atomic E-state index is 5.02. The highest BCUT2D eigenvalue weighted by atomic mass is 16.5. The van der Waals surface area contributed by atoms with Crippen LogP contribution in [0.25, 0.3) is 0 Å². The van der Waals surface area contributed by atoms with Crippen molar-refractivity contribution < 1.29 is 4.74 Å². The summed E-state index contributed by atoms with van der Waals surface area (Å²) in [6.07, 6.45) is 0. The number of hydrogen-bond donors (Lipinski definition) is 1. The molecule has 0 saturated heterocycles. The summed E-state index contributed by atoms with van der Waals surface area (Å²) in [5, 5.41) is 3.29. The molecule has 0 atom stereocenters. The molecule has 0 aliphatic carbocycles. The molecule has 0 saturated carbocycles. The zero-order valence-corrected chi connectivity index (χ0v) is 9.42. The standard InChI is InChI=1S/C12H19NO/c1-9(2)11-7-5-6-10(3)12(11)13-8-14-4/h5-7,9,13H,8H2,1-4H3. The van der Waals surface area contributed by atoms with Crippen molar-refractivity contribution >= 4 is 5.69 Å². The number of hydrogen-bond acceptors (Lipinski definition) is 2. The molecule has 0 bridgehead atoms. The number of para-hydroxylation sites is 1. The monoisotopic (exact) mass is 193 g/mol. The van der Waals surface area contributed by atoms with Crippen molar-refractivity contribution in [1.82, 2.24) is 0 Å². The van der Waals surface area contributed by atoms with Gasteiger partial charge in [-0.05, 0) is 24.0 Å². The fourth-order valence-corrected chi connectivity index (χ4v) is 1.56. The lowest BCUT2D eigenvalue weighted by Crippen LogP contribution is -2.07. The first-order valence-corrected chi connectivity index (χ1v) is 4.99. The molecule has 1 aromatic carbocycles. The van der Waals surface area contributed by atoms with Gasteiger partial charge in [-0.2, -0.15) is 0 Å². The van der Waals surface area contributed by atoms with Gasteiger partial charge >= 0.3 is 0 Å². The first-order valence-electron chi connectivity index (χ1n) is 4.99. The molecule has 78 valence electrons. The van der Waals surface area contributed by atoms with E-state index < -0.39 is 0 Å². The third-order valence-corrected chi connectivity index (χ3v) is 2.32. The number of anilines is 1. The van der Waals surface area contributed by atoms with Crippen LogP contribution in [0.15, 0.2) is 18.2 Å². The molecule has 2 nitrogen and oxygen atoms in total. The van der Waals surface area contributed by atoms with Gasteiger partial charge < -0.3 is 10.1 Å². The summed E-state index contributed by atoms with van der Waals surface area (Å²) < 4.78 is 5.02. The van der Waals surface area contributed by atoms with Gasteiger partial charge in [0.05, 0.1) is 0 Å². The molecular formula is C12H19NO. The van der Waals surface area contributed by atoms with Gasteiger partial charge in [-0.1, -0.05) is 32.0 Å². The van der Waals surface area contributed by atoms with Gasteiger partial charge in [0.25, 0.3) is 0 Å². The Hall–Kier alpha value is -1.02. The molecule has 0 heterocycles. The Balaban J connectivity index is 2.96. The second-order valence-corrected chi connectivity index (χ2v) is 3.80. The molecule has 0 radical (unpaired) electrons. The van der Waals surface area contributed by atoms with Crippen LogP contribution < -0.4 is 5.32 Å². The van der Waals surface area contributed by atoms with Crippen LogP contribution in [0.3, 0.4) is 0 Å². The van der Waals surface area contributed by atoms with Gasteiger partial charge in [0, 0.05) is 12.8 Å². The number of ether oxygens (including phenoxy) is 1. The Morgan fingerprint density at radius 2 is 2.07 bits per heavy atom. The minimum atomic E-state index is 0.536. The van der Waals surface area contributed by atoms with Crippen LogP contribution in [0, 0.1) is 6.92 Å². The van der Waals surface area contributed by atoms with E-state index in [0.717, 1.165) is 0 Å². The Labute approximate surface area is 86.3 Å². The normalized spacial score (nSPS) is 10.6. The topological polar surface area (TPSA) is 21.3 Å². The molecule has 14 heavy (non-hydrogen) atoms. The maximum Gasteiger partial charge on any atom is 0.116 e. The van der Waals surface area contributed by atoms with E-state index in [0.29, 0.717) is 12.6 Å². The smallest absolute Gasteiger partial charge is 0.116 e. The minimum absolute atomic E-state index is 0.536. The Morgan fingerprint density at radius 3 is 2.64 bits per heavy atom. The minimum Gasteiger partial charge on any atom is -0.365 e. The zero-order valence-electron chi connectivity index (χ0n) is 9.42. The van der Waals surface area contributed by atoms with E-state index in [2.05, 4.69) is 44.3 Å². The summed E-state index contributed by atoms with van der Waals surface area (Å²) in [4.78, 5) is 0. The second-order valence-electron chi connectivity index (χ2n) is 3.80. The molecule has 0 unspecified atom stereocenters. The van der Waals surface area contributed by atoms with Gasteiger partial charge in [-0.25, -0.2) is 0 Å². The summed E-state index contributed by atoms with van der Waals surface area (Å²) in [5.41, 5.74) is 3.83. The van der Waals surface area contributed by atoms with Crippen LogP contribution in [0.1, 0.15) is 30.9 Å². The third kappa shape index (κ3) is 2.48. The number of nitrogens with one attached hydrogen (secondary N) is 1. The molecule has 1 aromatic rings. The molecule has 0 aromatic heterocycles. The van der Waals surface area contributed by atoms with Crippen LogP contribution in [-0.4, -0.2) is 13.8 Å². The van der Waals surface area contributed by atoms with Crippen molar-refractivity contribution in [3.05, 3.63) is 29.3 Å². The largest absolute Gasteiger partial charge is 0.365 e. The van der Waals surface area contributed by atoms with Gasteiger partial charge in [0.1, 0.15) is 6.73 Å². The summed E-state index contributed by atoms with van der Waals surface area (Å²) >= 11 is 0. The summed E-state index contributed by atoms with van der Waals surface area (Å²) in [7, 11) is 1.69. The van der Waals surface area contributed by atoms with Crippen LogP contribution >= 0.6 is 0 Å². The van der Waals surface area contributed by atoms with Gasteiger partial charge in [-0.3, -0.25) is 0 Å². The average Bonchev–Trinajstić information content (AvgIpc) is 2.15. The van der Waals surface area contributed by atoms with E-state index >= 15 is 0 Å². The Morgan fingerprint density at radius 1 is 1.36 bits per heavy atom. The van der Waals surface area contributed by atoms with E-state index in [1.165, 1.54) is 16.8 Å². The molecule has 2 heteroatoms. The third-order valence-electron chi connectivity index (χ3n) is 2.32. The van der Waals surface area contributed by atoms with E-state index in [-0.39, 0.29) is 0 Å². The van der Waals surface area contributed by atoms with E-state index in [1.807, 2.05) is 0 Å². The highest BCUT2D eigenvalue weighted by Crippen LogP contribution is 2.26. The fourth-order valence-electron chi connectivity index (χ4n) is 1.56. The molecule has 0 aliphatic heterocycles. The number of methoxy groups -OCH3 is 1. The lowest BCUT2D eigenvalue weighted by molar-refractivity contribution is 0.221. The van der Waals surface area contributed by atoms with Crippen LogP contribution in [0.2, 0.25) is 0 Å². The predicted octanol–water partition coefficient (Wildman–Crippen LogP) is 3.13. The van der Waals surface area contributed by atoms with Crippen molar-refractivity contribution in [2.24, 2.45) is 0 Å². The number of rotatable bonds is 4. The van der Waals surface area contributed by atoms with Crippen molar-refractivity contribution in [1.29, 1.82) is 0 Å². The first-order chi connectivity index (χ1) is 6.66. The maximum atomic E-state index is 5.02. The lowest BCUT2D eigenvalue weighted by Gasteiger charge is -2.16. The molecule has 1 N–H and O–H groups in total.